The molecule has 0 aromatic carbocycles. The van der Waals surface area contributed by atoms with E-state index < -0.39 is 0 Å². The van der Waals surface area contributed by atoms with Gasteiger partial charge in [-0.3, -0.25) is 4.79 Å². The van der Waals surface area contributed by atoms with Crippen molar-refractivity contribution >= 4 is 61.9 Å². The number of rotatable bonds is 6. The largest absolute Gasteiger partial charge is 0.329 e. The highest BCUT2D eigenvalue weighted by molar-refractivity contribution is 9.11. The molecular formula is C17H14BrNOS3. The van der Waals surface area contributed by atoms with Crippen molar-refractivity contribution < 1.29 is 4.79 Å². The van der Waals surface area contributed by atoms with Gasteiger partial charge in [-0.15, -0.1) is 34.0 Å². The highest BCUT2D eigenvalue weighted by atomic mass is 79.9. The first kappa shape index (κ1) is 16.6. The smallest absolute Gasteiger partial charge is 0.247 e. The molecule has 0 saturated heterocycles. The molecular weight excluding hydrogens is 410 g/mol. The summed E-state index contributed by atoms with van der Waals surface area (Å²) in [6, 6.07) is 12.2. The lowest BCUT2D eigenvalue weighted by Gasteiger charge is -2.19. The molecule has 3 heterocycles. The molecule has 6 heteroatoms. The predicted molar refractivity (Wildman–Crippen MR) is 104 cm³/mol. The molecule has 0 bridgehead atoms. The van der Waals surface area contributed by atoms with Crippen molar-refractivity contribution in [3.8, 4) is 0 Å². The molecule has 0 N–H and O–H groups in total. The fraction of sp³-hybridized carbons (Fsp3) is 0.118. The second-order valence-corrected chi connectivity index (χ2v) is 9.39. The minimum atomic E-state index is 0.0383. The molecule has 3 rings (SSSR count). The highest BCUT2D eigenvalue weighted by Crippen LogP contribution is 2.23. The molecule has 3 aromatic heterocycles. The minimum absolute atomic E-state index is 0.0383. The van der Waals surface area contributed by atoms with Crippen molar-refractivity contribution in [2.24, 2.45) is 0 Å². The number of carbonyl (C=O) groups is 1. The van der Waals surface area contributed by atoms with Crippen LogP contribution in [0, 0.1) is 0 Å². The van der Waals surface area contributed by atoms with Crippen molar-refractivity contribution in [2.75, 3.05) is 0 Å². The fourth-order valence-electron chi connectivity index (χ4n) is 2.07. The van der Waals surface area contributed by atoms with Crippen LogP contribution in [-0.4, -0.2) is 10.8 Å². The number of nitrogens with zero attached hydrogens (tertiary/aromatic N) is 1. The Bertz CT molecular complexity index is 738. The molecule has 118 valence electrons. The Balaban J connectivity index is 1.73. The lowest BCUT2D eigenvalue weighted by molar-refractivity contribution is -0.127. The SMILES string of the molecule is O=C(/C=C/c1ccc(Br)s1)N(Cc1cccs1)Cc1cccs1. The molecule has 0 radical (unpaired) electrons. The van der Waals surface area contributed by atoms with Gasteiger partial charge in [-0.1, -0.05) is 12.1 Å². The molecule has 0 aliphatic rings. The van der Waals surface area contributed by atoms with Crippen molar-refractivity contribution in [2.45, 2.75) is 13.1 Å². The summed E-state index contributed by atoms with van der Waals surface area (Å²) in [7, 11) is 0. The van der Waals surface area contributed by atoms with Gasteiger partial charge < -0.3 is 4.90 Å². The topological polar surface area (TPSA) is 20.3 Å². The van der Waals surface area contributed by atoms with Gasteiger partial charge in [0.05, 0.1) is 16.9 Å². The van der Waals surface area contributed by atoms with Crippen LogP contribution < -0.4 is 0 Å². The van der Waals surface area contributed by atoms with Gasteiger partial charge >= 0.3 is 0 Å². The summed E-state index contributed by atoms with van der Waals surface area (Å²) >= 11 is 8.42. The van der Waals surface area contributed by atoms with Gasteiger partial charge in [-0.25, -0.2) is 0 Å². The zero-order valence-corrected chi connectivity index (χ0v) is 16.2. The molecule has 0 fully saturated rings. The normalized spacial score (nSPS) is 11.2. The third-order valence-corrected chi connectivity index (χ3v) is 6.46. The summed E-state index contributed by atoms with van der Waals surface area (Å²) < 4.78 is 1.07. The summed E-state index contributed by atoms with van der Waals surface area (Å²) in [6.07, 6.45) is 3.55. The molecule has 0 aliphatic heterocycles. The van der Waals surface area contributed by atoms with E-state index in [-0.39, 0.29) is 5.91 Å². The second kappa shape index (κ2) is 8.06. The van der Waals surface area contributed by atoms with E-state index in [4.69, 9.17) is 0 Å². The van der Waals surface area contributed by atoms with E-state index in [1.807, 2.05) is 46.0 Å². The molecule has 0 atom stereocenters. The Labute approximate surface area is 155 Å². The average Bonchev–Trinajstić information content (AvgIpc) is 3.27. The number of thiophene rings is 3. The molecule has 0 saturated carbocycles. The standard InChI is InChI=1S/C17H14BrNOS3/c18-16-7-5-13(23-16)6-8-17(20)19(11-14-3-1-9-21-14)12-15-4-2-10-22-15/h1-10H,11-12H2/b8-6+. The summed E-state index contributed by atoms with van der Waals surface area (Å²) in [5.74, 6) is 0.0383. The van der Waals surface area contributed by atoms with Crippen LogP contribution in [0.3, 0.4) is 0 Å². The Morgan fingerprint density at radius 3 is 2.17 bits per heavy atom. The fourth-order valence-corrected chi connectivity index (χ4v) is 4.83. The van der Waals surface area contributed by atoms with Gasteiger partial charge in [-0.05, 0) is 57.0 Å². The Morgan fingerprint density at radius 2 is 1.70 bits per heavy atom. The quantitative estimate of drug-likeness (QED) is 0.453. The first-order valence-corrected chi connectivity index (χ1v) is 10.3. The Hall–Kier alpha value is -1.21. The van der Waals surface area contributed by atoms with Gasteiger partial charge in [0.25, 0.3) is 0 Å². The van der Waals surface area contributed by atoms with Gasteiger partial charge in [0.15, 0.2) is 0 Å². The van der Waals surface area contributed by atoms with E-state index in [2.05, 4.69) is 28.1 Å². The summed E-state index contributed by atoms with van der Waals surface area (Å²) in [4.78, 5) is 18.0. The van der Waals surface area contributed by atoms with Gasteiger partial charge in [0.2, 0.25) is 5.91 Å². The van der Waals surface area contributed by atoms with E-state index in [1.54, 1.807) is 40.1 Å². The molecule has 3 aromatic rings. The Morgan fingerprint density at radius 1 is 1.04 bits per heavy atom. The van der Waals surface area contributed by atoms with Crippen LogP contribution in [0.5, 0.6) is 0 Å². The predicted octanol–water partition coefficient (Wildman–Crippen LogP) is 5.88. The molecule has 2 nitrogen and oxygen atoms in total. The van der Waals surface area contributed by atoms with Crippen LogP contribution in [0.2, 0.25) is 0 Å². The van der Waals surface area contributed by atoms with Crippen molar-refractivity contribution in [1.29, 1.82) is 0 Å². The molecule has 23 heavy (non-hydrogen) atoms. The maximum absolute atomic E-state index is 12.6. The number of halogens is 1. The van der Waals surface area contributed by atoms with Crippen LogP contribution >= 0.6 is 49.9 Å². The first-order chi connectivity index (χ1) is 11.2. The van der Waals surface area contributed by atoms with Crippen LogP contribution in [-0.2, 0) is 17.9 Å². The lowest BCUT2D eigenvalue weighted by Crippen LogP contribution is -2.27. The lowest BCUT2D eigenvalue weighted by atomic mass is 10.3. The van der Waals surface area contributed by atoms with Crippen molar-refractivity contribution in [1.82, 2.24) is 4.90 Å². The second-order valence-electron chi connectivity index (χ2n) is 4.83. The summed E-state index contributed by atoms with van der Waals surface area (Å²) in [5.41, 5.74) is 0. The zero-order valence-electron chi connectivity index (χ0n) is 12.1. The number of amides is 1. The average molecular weight is 424 g/mol. The van der Waals surface area contributed by atoms with Crippen molar-refractivity contribution in [3.63, 3.8) is 0 Å². The third kappa shape index (κ3) is 4.88. The third-order valence-electron chi connectivity index (χ3n) is 3.15. The monoisotopic (exact) mass is 423 g/mol. The van der Waals surface area contributed by atoms with Crippen molar-refractivity contribution in [3.05, 3.63) is 71.7 Å². The Kier molecular flexibility index (Phi) is 5.83. The van der Waals surface area contributed by atoms with Crippen LogP contribution in [0.25, 0.3) is 6.08 Å². The van der Waals surface area contributed by atoms with E-state index in [0.717, 1.165) is 8.66 Å². The van der Waals surface area contributed by atoms with E-state index in [9.17, 15) is 4.79 Å². The summed E-state index contributed by atoms with van der Waals surface area (Å²) in [5, 5.41) is 4.09. The van der Waals surface area contributed by atoms with Gasteiger partial charge in [0.1, 0.15) is 0 Å². The molecule has 0 aliphatic carbocycles. The highest BCUT2D eigenvalue weighted by Gasteiger charge is 2.13. The number of hydrogen-bond acceptors (Lipinski definition) is 4. The van der Waals surface area contributed by atoms with Gasteiger partial charge in [0, 0.05) is 20.7 Å². The van der Waals surface area contributed by atoms with E-state index in [0.29, 0.717) is 13.1 Å². The molecule has 0 unspecified atom stereocenters. The van der Waals surface area contributed by atoms with Crippen LogP contribution in [0.1, 0.15) is 14.6 Å². The first-order valence-electron chi connectivity index (χ1n) is 6.98. The number of carbonyl (C=O) groups excluding carboxylic acids is 1. The summed E-state index contributed by atoms with van der Waals surface area (Å²) in [6.45, 7) is 1.29. The number of hydrogen-bond donors (Lipinski definition) is 0. The van der Waals surface area contributed by atoms with E-state index in [1.165, 1.54) is 9.75 Å². The van der Waals surface area contributed by atoms with Crippen LogP contribution in [0.15, 0.2) is 57.0 Å². The maximum Gasteiger partial charge on any atom is 0.247 e. The molecule has 0 spiro atoms. The van der Waals surface area contributed by atoms with Crippen LogP contribution in [0.4, 0.5) is 0 Å². The molecule has 1 amide bonds. The minimum Gasteiger partial charge on any atom is -0.329 e. The zero-order chi connectivity index (χ0) is 16.1. The maximum atomic E-state index is 12.6. The van der Waals surface area contributed by atoms with E-state index >= 15 is 0 Å². The van der Waals surface area contributed by atoms with Gasteiger partial charge in [-0.2, -0.15) is 0 Å².